The summed E-state index contributed by atoms with van der Waals surface area (Å²) in [7, 11) is -3.11. The number of sulfone groups is 1. The maximum Gasteiger partial charge on any atom is 0.175 e. The van der Waals surface area contributed by atoms with Crippen molar-refractivity contribution in [1.82, 2.24) is 0 Å². The van der Waals surface area contributed by atoms with E-state index < -0.39 is 9.84 Å². The number of anilines is 1. The van der Waals surface area contributed by atoms with Gasteiger partial charge in [-0.2, -0.15) is 0 Å². The molecule has 2 atom stereocenters. The second-order valence-corrected chi connectivity index (χ2v) is 8.95. The van der Waals surface area contributed by atoms with Crippen LogP contribution < -0.4 is 5.32 Å². The molecule has 1 aliphatic carbocycles. The first kappa shape index (κ1) is 15.4. The van der Waals surface area contributed by atoms with Gasteiger partial charge in [-0.25, -0.2) is 8.42 Å². The first-order valence-electron chi connectivity index (χ1n) is 7.24. The predicted octanol–water partition coefficient (Wildman–Crippen LogP) is 3.72. The molecule has 1 saturated carbocycles. The quantitative estimate of drug-likeness (QED) is 0.924. The summed E-state index contributed by atoms with van der Waals surface area (Å²) in [4.78, 5) is 0.376. The van der Waals surface area contributed by atoms with Gasteiger partial charge < -0.3 is 5.32 Å². The van der Waals surface area contributed by atoms with Crippen LogP contribution in [0.4, 0.5) is 5.69 Å². The molecule has 0 aliphatic heterocycles. The van der Waals surface area contributed by atoms with Crippen molar-refractivity contribution in [3.05, 3.63) is 24.3 Å². The van der Waals surface area contributed by atoms with E-state index in [9.17, 15) is 8.42 Å². The maximum atomic E-state index is 11.4. The zero-order valence-electron chi connectivity index (χ0n) is 12.8. The lowest BCUT2D eigenvalue weighted by Gasteiger charge is -2.40. The molecule has 1 N–H and O–H groups in total. The van der Waals surface area contributed by atoms with Crippen LogP contribution in [0, 0.1) is 11.3 Å². The van der Waals surface area contributed by atoms with Crippen LogP contribution in [0.5, 0.6) is 0 Å². The molecule has 1 aromatic rings. The molecule has 3 nitrogen and oxygen atoms in total. The largest absolute Gasteiger partial charge is 0.382 e. The lowest BCUT2D eigenvalue weighted by molar-refractivity contribution is 0.177. The summed E-state index contributed by atoms with van der Waals surface area (Å²) in [6.07, 6.45) is 4.87. The van der Waals surface area contributed by atoms with Crippen LogP contribution in [0.25, 0.3) is 0 Å². The average molecular weight is 295 g/mol. The van der Waals surface area contributed by atoms with Crippen LogP contribution in [0.1, 0.15) is 40.0 Å². The topological polar surface area (TPSA) is 46.2 Å². The SMILES string of the molecule is CC1CC(C)(C)CCC1Nc1ccc(S(C)(=O)=O)cc1. The number of rotatable bonds is 3. The summed E-state index contributed by atoms with van der Waals surface area (Å²) in [5.74, 6) is 0.633. The summed E-state index contributed by atoms with van der Waals surface area (Å²) in [6.45, 7) is 6.96. The van der Waals surface area contributed by atoms with E-state index in [1.54, 1.807) is 12.1 Å². The molecule has 2 unspecified atom stereocenters. The second kappa shape index (κ2) is 5.40. The minimum absolute atomic E-state index is 0.376. The van der Waals surface area contributed by atoms with Crippen LogP contribution in [0.3, 0.4) is 0 Å². The highest BCUT2D eigenvalue weighted by Gasteiger charge is 2.32. The van der Waals surface area contributed by atoms with E-state index in [2.05, 4.69) is 26.1 Å². The van der Waals surface area contributed by atoms with Crippen molar-refractivity contribution in [3.8, 4) is 0 Å². The molecular formula is C16H25NO2S. The van der Waals surface area contributed by atoms with E-state index in [0.717, 1.165) is 5.69 Å². The molecule has 0 heterocycles. The van der Waals surface area contributed by atoms with Crippen LogP contribution in [0.2, 0.25) is 0 Å². The van der Waals surface area contributed by atoms with Crippen molar-refractivity contribution in [1.29, 1.82) is 0 Å². The Morgan fingerprint density at radius 2 is 1.80 bits per heavy atom. The second-order valence-electron chi connectivity index (χ2n) is 6.93. The predicted molar refractivity (Wildman–Crippen MR) is 83.8 cm³/mol. The number of hydrogen-bond donors (Lipinski definition) is 1. The van der Waals surface area contributed by atoms with E-state index in [4.69, 9.17) is 0 Å². The van der Waals surface area contributed by atoms with Gasteiger partial charge >= 0.3 is 0 Å². The Labute approximate surface area is 122 Å². The van der Waals surface area contributed by atoms with Crippen molar-refractivity contribution in [2.24, 2.45) is 11.3 Å². The van der Waals surface area contributed by atoms with Gasteiger partial charge in [-0.15, -0.1) is 0 Å². The number of benzene rings is 1. The van der Waals surface area contributed by atoms with Gasteiger partial charge in [0.05, 0.1) is 4.90 Å². The number of hydrogen-bond acceptors (Lipinski definition) is 3. The normalized spacial score (nSPS) is 26.2. The van der Waals surface area contributed by atoms with Crippen molar-refractivity contribution in [3.63, 3.8) is 0 Å². The fourth-order valence-corrected chi connectivity index (χ4v) is 3.80. The molecule has 0 bridgehead atoms. The van der Waals surface area contributed by atoms with Gasteiger partial charge in [-0.1, -0.05) is 20.8 Å². The molecule has 0 aromatic heterocycles. The van der Waals surface area contributed by atoms with Crippen LogP contribution >= 0.6 is 0 Å². The van der Waals surface area contributed by atoms with Gasteiger partial charge in [0, 0.05) is 18.0 Å². The third-order valence-corrected chi connectivity index (χ3v) is 5.46. The molecule has 0 spiro atoms. The zero-order chi connectivity index (χ0) is 15.0. The molecule has 1 fully saturated rings. The average Bonchev–Trinajstić information content (AvgIpc) is 2.32. The van der Waals surface area contributed by atoms with Gasteiger partial charge in [0.2, 0.25) is 0 Å². The molecule has 1 aromatic carbocycles. The van der Waals surface area contributed by atoms with Crippen molar-refractivity contribution >= 4 is 15.5 Å². The highest BCUT2D eigenvalue weighted by molar-refractivity contribution is 7.90. The van der Waals surface area contributed by atoms with Crippen molar-refractivity contribution in [2.45, 2.75) is 51.0 Å². The van der Waals surface area contributed by atoms with Gasteiger partial charge in [0.15, 0.2) is 9.84 Å². The first-order chi connectivity index (χ1) is 9.17. The summed E-state index contributed by atoms with van der Waals surface area (Å²) in [6, 6.07) is 7.56. The Hall–Kier alpha value is -1.03. The summed E-state index contributed by atoms with van der Waals surface area (Å²) < 4.78 is 22.9. The summed E-state index contributed by atoms with van der Waals surface area (Å²) >= 11 is 0. The lowest BCUT2D eigenvalue weighted by atomic mass is 9.70. The van der Waals surface area contributed by atoms with E-state index in [1.807, 2.05) is 12.1 Å². The molecule has 112 valence electrons. The smallest absolute Gasteiger partial charge is 0.175 e. The summed E-state index contributed by atoms with van der Waals surface area (Å²) in [5.41, 5.74) is 1.45. The highest BCUT2D eigenvalue weighted by atomic mass is 32.2. The lowest BCUT2D eigenvalue weighted by Crippen LogP contribution is -2.36. The molecule has 4 heteroatoms. The molecular weight excluding hydrogens is 270 g/mol. The van der Waals surface area contributed by atoms with Gasteiger partial charge in [0.25, 0.3) is 0 Å². The van der Waals surface area contributed by atoms with E-state index in [1.165, 1.54) is 25.5 Å². The molecule has 0 amide bonds. The zero-order valence-corrected chi connectivity index (χ0v) is 13.6. The Morgan fingerprint density at radius 3 is 2.30 bits per heavy atom. The van der Waals surface area contributed by atoms with Crippen LogP contribution in [-0.4, -0.2) is 20.7 Å². The van der Waals surface area contributed by atoms with Crippen LogP contribution in [-0.2, 0) is 9.84 Å². The standard InChI is InChI=1S/C16H25NO2S/c1-12-11-16(2,3)10-9-15(12)17-13-5-7-14(8-6-13)20(4,18)19/h5-8,12,15,17H,9-11H2,1-4H3. The Morgan fingerprint density at radius 1 is 1.20 bits per heavy atom. The van der Waals surface area contributed by atoms with Crippen LogP contribution in [0.15, 0.2) is 29.2 Å². The van der Waals surface area contributed by atoms with E-state index in [0.29, 0.717) is 22.3 Å². The number of nitrogens with one attached hydrogen (secondary N) is 1. The minimum Gasteiger partial charge on any atom is -0.382 e. The van der Waals surface area contributed by atoms with Crippen molar-refractivity contribution < 1.29 is 8.42 Å². The third kappa shape index (κ3) is 3.75. The van der Waals surface area contributed by atoms with E-state index in [-0.39, 0.29) is 0 Å². The molecule has 2 rings (SSSR count). The minimum atomic E-state index is -3.11. The van der Waals surface area contributed by atoms with Crippen molar-refractivity contribution in [2.75, 3.05) is 11.6 Å². The Kier molecular flexibility index (Phi) is 4.14. The molecule has 0 radical (unpaired) electrons. The fourth-order valence-electron chi connectivity index (χ4n) is 3.17. The molecule has 20 heavy (non-hydrogen) atoms. The van der Waals surface area contributed by atoms with Gasteiger partial charge in [-0.05, 0) is 54.9 Å². The van der Waals surface area contributed by atoms with E-state index >= 15 is 0 Å². The Bertz CT molecular complexity index is 561. The first-order valence-corrected chi connectivity index (χ1v) is 9.13. The summed E-state index contributed by atoms with van der Waals surface area (Å²) in [5, 5.41) is 3.55. The van der Waals surface area contributed by atoms with Gasteiger partial charge in [0.1, 0.15) is 0 Å². The Balaban J connectivity index is 2.04. The maximum absolute atomic E-state index is 11.4. The highest BCUT2D eigenvalue weighted by Crippen LogP contribution is 2.39. The molecule has 1 aliphatic rings. The molecule has 0 saturated heterocycles. The van der Waals surface area contributed by atoms with Gasteiger partial charge in [-0.3, -0.25) is 0 Å². The fraction of sp³-hybridized carbons (Fsp3) is 0.625. The third-order valence-electron chi connectivity index (χ3n) is 4.33. The monoisotopic (exact) mass is 295 g/mol.